The number of ketones is 1. The van der Waals surface area contributed by atoms with Gasteiger partial charge in [0.2, 0.25) is 0 Å². The summed E-state index contributed by atoms with van der Waals surface area (Å²) in [5.41, 5.74) is 1.67. The lowest BCUT2D eigenvalue weighted by atomic mass is 9.78. The third kappa shape index (κ3) is 4.20. The highest BCUT2D eigenvalue weighted by atomic mass is 16.5. The van der Waals surface area contributed by atoms with Crippen LogP contribution in [0.2, 0.25) is 0 Å². The Balaban J connectivity index is 1.86. The highest BCUT2D eigenvalue weighted by Crippen LogP contribution is 2.41. The number of phenolic OH excluding ortho intramolecular Hbond substituents is 1. The van der Waals surface area contributed by atoms with Crippen molar-refractivity contribution in [1.29, 1.82) is 5.41 Å². The normalized spacial score (nSPS) is 24.9. The minimum absolute atomic E-state index is 0.00835. The van der Waals surface area contributed by atoms with Crippen LogP contribution in [0.1, 0.15) is 75.9 Å². The van der Waals surface area contributed by atoms with Crippen LogP contribution in [0.25, 0.3) is 0 Å². The Morgan fingerprint density at radius 1 is 1.14 bits per heavy atom. The summed E-state index contributed by atoms with van der Waals surface area (Å²) in [6, 6.07) is 3.68. The summed E-state index contributed by atoms with van der Waals surface area (Å²) in [7, 11) is 1.74. The molecule has 3 atom stereocenters. The van der Waals surface area contributed by atoms with Crippen molar-refractivity contribution in [3.8, 4) is 5.75 Å². The molecule has 5 heteroatoms. The number of methoxy groups -OCH3 is 1. The van der Waals surface area contributed by atoms with Gasteiger partial charge in [-0.25, -0.2) is 0 Å². The van der Waals surface area contributed by atoms with Crippen molar-refractivity contribution in [2.45, 2.75) is 71.3 Å². The van der Waals surface area contributed by atoms with Crippen molar-refractivity contribution < 1.29 is 14.6 Å². The van der Waals surface area contributed by atoms with Gasteiger partial charge in [0.05, 0.1) is 18.5 Å². The maximum Gasteiger partial charge on any atom is 0.182 e. The first kappa shape index (κ1) is 21.8. The molecule has 0 aromatic heterocycles. The molecule has 3 rings (SSSR count). The monoisotopic (exact) mass is 400 g/mol. The van der Waals surface area contributed by atoms with E-state index < -0.39 is 0 Å². The Kier molecular flexibility index (Phi) is 5.59. The molecule has 1 aliphatic carbocycles. The minimum atomic E-state index is -0.271. The molecule has 1 aliphatic heterocycles. The summed E-state index contributed by atoms with van der Waals surface area (Å²) in [5, 5.41) is 19.4. The van der Waals surface area contributed by atoms with Crippen molar-refractivity contribution in [3.05, 3.63) is 28.8 Å². The van der Waals surface area contributed by atoms with E-state index in [0.29, 0.717) is 17.3 Å². The second kappa shape index (κ2) is 7.42. The fourth-order valence-electron chi connectivity index (χ4n) is 4.77. The van der Waals surface area contributed by atoms with E-state index in [2.05, 4.69) is 0 Å². The molecule has 0 amide bonds. The maximum absolute atomic E-state index is 13.2. The second-order valence-electron chi connectivity index (χ2n) is 10.8. The van der Waals surface area contributed by atoms with Gasteiger partial charge in [-0.3, -0.25) is 10.2 Å². The SMILES string of the molecule is CO[C@H]1C[C@H]2CN(CC(=O)c3cc(C(C)(C)C)c(O)c(C(C)(C)C)c3)C(=N)[C@H]2C1. The summed E-state index contributed by atoms with van der Waals surface area (Å²) < 4.78 is 5.48. The number of amidine groups is 1. The van der Waals surface area contributed by atoms with Crippen molar-refractivity contribution >= 4 is 11.6 Å². The van der Waals surface area contributed by atoms with Crippen LogP contribution in [0, 0.1) is 17.2 Å². The van der Waals surface area contributed by atoms with Gasteiger partial charge in [0.15, 0.2) is 5.78 Å². The van der Waals surface area contributed by atoms with Crippen molar-refractivity contribution in [1.82, 2.24) is 4.90 Å². The van der Waals surface area contributed by atoms with E-state index in [0.717, 1.165) is 30.5 Å². The average molecular weight is 401 g/mol. The van der Waals surface area contributed by atoms with Gasteiger partial charge < -0.3 is 14.7 Å². The highest BCUT2D eigenvalue weighted by molar-refractivity contribution is 6.01. The van der Waals surface area contributed by atoms with Gasteiger partial charge in [-0.15, -0.1) is 0 Å². The number of fused-ring (bicyclic) bond motifs is 1. The number of hydrogen-bond donors (Lipinski definition) is 2. The van der Waals surface area contributed by atoms with Crippen LogP contribution >= 0.6 is 0 Å². The van der Waals surface area contributed by atoms with E-state index in [1.165, 1.54) is 0 Å². The van der Waals surface area contributed by atoms with Gasteiger partial charge in [0.1, 0.15) is 5.75 Å². The second-order valence-corrected chi connectivity index (χ2v) is 10.8. The molecule has 1 aromatic carbocycles. The number of hydrogen-bond acceptors (Lipinski definition) is 4. The molecular formula is C24H36N2O3. The van der Waals surface area contributed by atoms with Crippen LogP contribution in [0.5, 0.6) is 5.75 Å². The van der Waals surface area contributed by atoms with Crippen LogP contribution in [0.4, 0.5) is 0 Å². The zero-order valence-electron chi connectivity index (χ0n) is 18.9. The Morgan fingerprint density at radius 2 is 1.69 bits per heavy atom. The molecule has 2 fully saturated rings. The number of aromatic hydroxyl groups is 1. The molecule has 0 unspecified atom stereocenters. The van der Waals surface area contributed by atoms with Crippen LogP contribution in [-0.2, 0) is 15.6 Å². The first-order chi connectivity index (χ1) is 13.3. The topological polar surface area (TPSA) is 73.6 Å². The van der Waals surface area contributed by atoms with Gasteiger partial charge in [-0.05, 0) is 41.7 Å². The third-order valence-electron chi connectivity index (χ3n) is 6.51. The highest BCUT2D eigenvalue weighted by Gasteiger charge is 2.45. The summed E-state index contributed by atoms with van der Waals surface area (Å²) in [4.78, 5) is 15.1. The fraction of sp³-hybridized carbons (Fsp3) is 0.667. The molecule has 160 valence electrons. The molecule has 1 heterocycles. The van der Waals surface area contributed by atoms with Crippen LogP contribution in [0.3, 0.4) is 0 Å². The van der Waals surface area contributed by atoms with Crippen LogP contribution in [-0.4, -0.2) is 47.9 Å². The van der Waals surface area contributed by atoms with Crippen LogP contribution in [0.15, 0.2) is 12.1 Å². The third-order valence-corrected chi connectivity index (χ3v) is 6.51. The van der Waals surface area contributed by atoms with E-state index in [4.69, 9.17) is 10.1 Å². The van der Waals surface area contributed by atoms with E-state index in [1.54, 1.807) is 7.11 Å². The molecule has 5 nitrogen and oxygen atoms in total. The molecule has 1 aromatic rings. The summed E-state index contributed by atoms with van der Waals surface area (Å²) in [6.07, 6.45) is 2.09. The predicted molar refractivity (Wildman–Crippen MR) is 116 cm³/mol. The van der Waals surface area contributed by atoms with Crippen molar-refractivity contribution in [3.63, 3.8) is 0 Å². The Bertz CT molecular complexity index is 781. The zero-order valence-corrected chi connectivity index (χ0v) is 18.9. The maximum atomic E-state index is 13.2. The van der Waals surface area contributed by atoms with Crippen molar-refractivity contribution in [2.75, 3.05) is 20.2 Å². The lowest BCUT2D eigenvalue weighted by molar-refractivity contribution is 0.0943. The number of Topliss-reactive ketones (excluding diaryl/α,β-unsaturated/α-hetero) is 1. The molecular weight excluding hydrogens is 364 g/mol. The van der Waals surface area contributed by atoms with E-state index in [9.17, 15) is 9.90 Å². The zero-order chi connectivity index (χ0) is 21.7. The first-order valence-corrected chi connectivity index (χ1v) is 10.6. The number of phenols is 1. The quantitative estimate of drug-likeness (QED) is 0.730. The Labute approximate surface area is 175 Å². The number of nitrogens with one attached hydrogen (secondary N) is 1. The molecule has 29 heavy (non-hydrogen) atoms. The lowest BCUT2D eigenvalue weighted by Gasteiger charge is -2.28. The smallest absolute Gasteiger partial charge is 0.182 e. The summed E-state index contributed by atoms with van der Waals surface area (Å²) in [5.74, 6) is 1.50. The van der Waals surface area contributed by atoms with Gasteiger partial charge >= 0.3 is 0 Å². The van der Waals surface area contributed by atoms with Gasteiger partial charge in [0, 0.05) is 36.3 Å². The number of rotatable bonds is 4. The minimum Gasteiger partial charge on any atom is -0.507 e. The summed E-state index contributed by atoms with van der Waals surface area (Å²) in [6.45, 7) is 13.3. The van der Waals surface area contributed by atoms with Crippen molar-refractivity contribution in [2.24, 2.45) is 11.8 Å². The molecule has 1 saturated carbocycles. The fourth-order valence-corrected chi connectivity index (χ4v) is 4.77. The molecule has 0 bridgehead atoms. The number of benzene rings is 1. The van der Waals surface area contributed by atoms with E-state index in [-0.39, 0.29) is 40.9 Å². The molecule has 2 N–H and O–H groups in total. The van der Waals surface area contributed by atoms with Gasteiger partial charge in [-0.2, -0.15) is 0 Å². The van der Waals surface area contributed by atoms with Gasteiger partial charge in [0.25, 0.3) is 0 Å². The average Bonchev–Trinajstić information content (AvgIpc) is 3.12. The Morgan fingerprint density at radius 3 is 2.14 bits per heavy atom. The van der Waals surface area contributed by atoms with E-state index >= 15 is 0 Å². The van der Waals surface area contributed by atoms with Gasteiger partial charge in [-0.1, -0.05) is 41.5 Å². The van der Waals surface area contributed by atoms with Crippen LogP contribution < -0.4 is 0 Å². The number of carbonyl (C=O) groups excluding carboxylic acids is 1. The van der Waals surface area contributed by atoms with E-state index in [1.807, 2.05) is 58.6 Å². The molecule has 0 spiro atoms. The number of nitrogens with zero attached hydrogens (tertiary/aromatic N) is 1. The molecule has 2 aliphatic rings. The number of likely N-dealkylation sites (tertiary alicyclic amines) is 1. The molecule has 1 saturated heterocycles. The Hall–Kier alpha value is -1.88. The standard InChI is InChI=1S/C24H36N2O3/c1-23(2,3)18-9-14(10-19(21(18)28)24(4,5)6)20(27)13-26-12-15-8-16(29-7)11-17(15)22(26)25/h9-10,15-17,25,28H,8,11-13H2,1-7H3/t15-,16-,17-/m0/s1. The first-order valence-electron chi connectivity index (χ1n) is 10.6. The molecule has 0 radical (unpaired) electrons. The largest absolute Gasteiger partial charge is 0.507 e. The predicted octanol–water partition coefficient (Wildman–Crippen LogP) is 4.50. The number of carbonyl (C=O) groups is 1. The summed E-state index contributed by atoms with van der Waals surface area (Å²) >= 11 is 0. The lowest BCUT2D eigenvalue weighted by Crippen LogP contribution is -2.33. The number of ether oxygens (including phenoxy) is 1.